The lowest BCUT2D eigenvalue weighted by Gasteiger charge is -2.37. The second kappa shape index (κ2) is 6.34. The van der Waals surface area contributed by atoms with Crippen LogP contribution in [0, 0.1) is 5.82 Å². The Morgan fingerprint density at radius 1 is 1.16 bits per heavy atom. The zero-order valence-corrected chi connectivity index (χ0v) is 14.7. The minimum atomic E-state index is -0.706. The van der Waals surface area contributed by atoms with E-state index in [4.69, 9.17) is 0 Å². The summed E-state index contributed by atoms with van der Waals surface area (Å²) in [5.74, 6) is -0.322. The van der Waals surface area contributed by atoms with E-state index in [9.17, 15) is 14.3 Å². The Balaban J connectivity index is 1.48. The Labute approximate surface area is 148 Å². The number of nitrogens with zero attached hydrogens (tertiary/aromatic N) is 3. The van der Waals surface area contributed by atoms with Gasteiger partial charge in [0.05, 0.1) is 17.6 Å². The summed E-state index contributed by atoms with van der Waals surface area (Å²) in [5, 5.41) is 10.5. The van der Waals surface area contributed by atoms with Gasteiger partial charge in [-0.25, -0.2) is 4.39 Å². The molecule has 2 saturated heterocycles. The summed E-state index contributed by atoms with van der Waals surface area (Å²) < 4.78 is 14.2. The first-order chi connectivity index (χ1) is 12.0. The van der Waals surface area contributed by atoms with E-state index in [0.29, 0.717) is 31.5 Å². The molecule has 1 aromatic rings. The maximum atomic E-state index is 14.2. The van der Waals surface area contributed by atoms with Gasteiger partial charge in [0.2, 0.25) is 5.91 Å². The van der Waals surface area contributed by atoms with Gasteiger partial charge in [0.15, 0.2) is 0 Å². The first kappa shape index (κ1) is 16.9. The van der Waals surface area contributed by atoms with E-state index in [1.807, 2.05) is 0 Å². The number of aliphatic hydroxyl groups excluding tert-OH is 1. The van der Waals surface area contributed by atoms with Crippen molar-refractivity contribution in [3.05, 3.63) is 35.6 Å². The quantitative estimate of drug-likeness (QED) is 0.873. The van der Waals surface area contributed by atoms with Gasteiger partial charge in [0, 0.05) is 44.8 Å². The fourth-order valence-corrected chi connectivity index (χ4v) is 4.32. The van der Waals surface area contributed by atoms with E-state index in [0.717, 1.165) is 26.2 Å². The number of hydrogen-bond donors (Lipinski definition) is 1. The SMILES string of the molecule is CN1CCN([C@@H]2CN(C(=O)C3(c4ccccc4F)CC3)C[C@H]2O)CC1. The standard InChI is InChI=1S/C19H26FN3O2/c1-21-8-10-22(11-9-21)16-12-23(13-17(16)24)18(25)19(6-7-19)14-4-2-3-5-15(14)20/h2-5,16-17,24H,6-13H2,1H3/t16-,17-/m1/s1. The van der Waals surface area contributed by atoms with E-state index >= 15 is 0 Å². The molecule has 2 atom stereocenters. The molecule has 2 heterocycles. The fourth-order valence-electron chi connectivity index (χ4n) is 4.32. The highest BCUT2D eigenvalue weighted by Crippen LogP contribution is 2.50. The molecule has 4 rings (SSSR count). The van der Waals surface area contributed by atoms with E-state index in [1.54, 1.807) is 23.1 Å². The van der Waals surface area contributed by atoms with Crippen molar-refractivity contribution in [2.45, 2.75) is 30.4 Å². The highest BCUT2D eigenvalue weighted by Gasteiger charge is 2.56. The van der Waals surface area contributed by atoms with Crippen LogP contribution in [0.1, 0.15) is 18.4 Å². The van der Waals surface area contributed by atoms with Crippen molar-refractivity contribution in [3.8, 4) is 0 Å². The Hall–Kier alpha value is -1.50. The van der Waals surface area contributed by atoms with Crippen molar-refractivity contribution in [1.29, 1.82) is 0 Å². The molecule has 0 unspecified atom stereocenters. The molecule has 2 aliphatic heterocycles. The van der Waals surface area contributed by atoms with E-state index in [1.165, 1.54) is 6.07 Å². The zero-order chi connectivity index (χ0) is 17.6. The second-order valence-corrected chi connectivity index (χ2v) is 7.75. The van der Waals surface area contributed by atoms with Crippen molar-refractivity contribution in [1.82, 2.24) is 14.7 Å². The van der Waals surface area contributed by atoms with Crippen LogP contribution in [0.15, 0.2) is 24.3 Å². The Kier molecular flexibility index (Phi) is 4.30. The number of likely N-dealkylation sites (tertiary alicyclic amines) is 1. The molecule has 0 spiro atoms. The normalized spacial score (nSPS) is 29.8. The van der Waals surface area contributed by atoms with Gasteiger partial charge in [0.1, 0.15) is 5.82 Å². The molecule has 136 valence electrons. The van der Waals surface area contributed by atoms with Crippen LogP contribution in [-0.2, 0) is 10.2 Å². The number of likely N-dealkylation sites (N-methyl/N-ethyl adjacent to an activating group) is 1. The highest BCUT2D eigenvalue weighted by atomic mass is 19.1. The lowest BCUT2D eigenvalue weighted by molar-refractivity contribution is -0.133. The highest BCUT2D eigenvalue weighted by molar-refractivity contribution is 5.91. The van der Waals surface area contributed by atoms with Crippen LogP contribution in [0.4, 0.5) is 4.39 Å². The number of hydrogen-bond acceptors (Lipinski definition) is 4. The van der Waals surface area contributed by atoms with Crippen molar-refractivity contribution in [3.63, 3.8) is 0 Å². The Morgan fingerprint density at radius 2 is 1.84 bits per heavy atom. The summed E-state index contributed by atoms with van der Waals surface area (Å²) in [6.45, 7) is 4.69. The maximum Gasteiger partial charge on any atom is 0.233 e. The van der Waals surface area contributed by atoms with Crippen molar-refractivity contribution in [2.24, 2.45) is 0 Å². The molecule has 1 aliphatic carbocycles. The van der Waals surface area contributed by atoms with Gasteiger partial charge in [-0.15, -0.1) is 0 Å². The Bertz CT molecular complexity index is 656. The molecule has 0 bridgehead atoms. The van der Waals surface area contributed by atoms with Gasteiger partial charge < -0.3 is 14.9 Å². The van der Waals surface area contributed by atoms with Crippen LogP contribution >= 0.6 is 0 Å². The lowest BCUT2D eigenvalue weighted by Crippen LogP contribution is -2.52. The van der Waals surface area contributed by atoms with E-state index in [2.05, 4.69) is 16.8 Å². The molecular formula is C19H26FN3O2. The van der Waals surface area contributed by atoms with Crippen LogP contribution in [0.3, 0.4) is 0 Å². The summed E-state index contributed by atoms with van der Waals surface area (Å²) in [4.78, 5) is 19.5. The van der Waals surface area contributed by atoms with Gasteiger partial charge in [-0.05, 0) is 26.0 Å². The number of rotatable bonds is 3. The van der Waals surface area contributed by atoms with Crippen molar-refractivity contribution < 1.29 is 14.3 Å². The molecular weight excluding hydrogens is 321 g/mol. The largest absolute Gasteiger partial charge is 0.390 e. The lowest BCUT2D eigenvalue weighted by atomic mass is 9.94. The average Bonchev–Trinajstić information content (AvgIpc) is 3.32. The third-order valence-corrected chi connectivity index (χ3v) is 6.10. The molecule has 6 heteroatoms. The van der Waals surface area contributed by atoms with Crippen LogP contribution in [-0.4, -0.2) is 84.2 Å². The number of amides is 1. The van der Waals surface area contributed by atoms with Crippen molar-refractivity contribution in [2.75, 3.05) is 46.3 Å². The van der Waals surface area contributed by atoms with Gasteiger partial charge in [0.25, 0.3) is 0 Å². The number of halogens is 1. The topological polar surface area (TPSA) is 47.0 Å². The van der Waals surface area contributed by atoms with Gasteiger partial charge >= 0.3 is 0 Å². The number of carbonyl (C=O) groups excluding carboxylic acids is 1. The molecule has 1 saturated carbocycles. The Morgan fingerprint density at radius 3 is 2.48 bits per heavy atom. The molecule has 0 radical (unpaired) electrons. The third-order valence-electron chi connectivity index (χ3n) is 6.10. The summed E-state index contributed by atoms with van der Waals surface area (Å²) in [7, 11) is 2.10. The third kappa shape index (κ3) is 2.96. The van der Waals surface area contributed by atoms with Crippen LogP contribution in [0.25, 0.3) is 0 Å². The predicted octanol–water partition coefficient (Wildman–Crippen LogP) is 0.676. The smallest absolute Gasteiger partial charge is 0.233 e. The number of carbonyl (C=O) groups is 1. The second-order valence-electron chi connectivity index (χ2n) is 7.75. The summed E-state index contributed by atoms with van der Waals surface area (Å²) >= 11 is 0. The first-order valence-corrected chi connectivity index (χ1v) is 9.16. The molecule has 0 aromatic heterocycles. The van der Waals surface area contributed by atoms with E-state index < -0.39 is 11.5 Å². The molecule has 25 heavy (non-hydrogen) atoms. The van der Waals surface area contributed by atoms with E-state index in [-0.39, 0.29) is 17.8 Å². The fraction of sp³-hybridized carbons (Fsp3) is 0.632. The maximum absolute atomic E-state index is 14.2. The molecule has 1 aromatic carbocycles. The van der Waals surface area contributed by atoms with Crippen molar-refractivity contribution >= 4 is 5.91 Å². The minimum absolute atomic E-state index is 0.00549. The van der Waals surface area contributed by atoms with Crippen LogP contribution in [0.2, 0.25) is 0 Å². The molecule has 3 fully saturated rings. The minimum Gasteiger partial charge on any atom is -0.390 e. The van der Waals surface area contributed by atoms with Gasteiger partial charge in [-0.3, -0.25) is 9.69 Å². The zero-order valence-electron chi connectivity index (χ0n) is 14.7. The number of piperazine rings is 1. The molecule has 5 nitrogen and oxygen atoms in total. The van der Waals surface area contributed by atoms with Crippen LogP contribution in [0.5, 0.6) is 0 Å². The monoisotopic (exact) mass is 347 g/mol. The summed E-state index contributed by atoms with van der Waals surface area (Å²) in [6.07, 6.45) is 0.862. The van der Waals surface area contributed by atoms with Gasteiger partial charge in [-0.2, -0.15) is 0 Å². The molecule has 1 amide bonds. The summed E-state index contributed by atoms with van der Waals surface area (Å²) in [6, 6.07) is 6.59. The first-order valence-electron chi connectivity index (χ1n) is 9.16. The number of benzene rings is 1. The average molecular weight is 347 g/mol. The number of aliphatic hydroxyl groups is 1. The molecule has 1 N–H and O–H groups in total. The van der Waals surface area contributed by atoms with Crippen LogP contribution < -0.4 is 0 Å². The molecule has 3 aliphatic rings. The van der Waals surface area contributed by atoms with Gasteiger partial charge in [-0.1, -0.05) is 18.2 Å². The summed E-state index contributed by atoms with van der Waals surface area (Å²) in [5.41, 5.74) is -0.195. The predicted molar refractivity (Wildman–Crippen MR) is 92.8 cm³/mol. The number of β-amino-alcohol motifs (C(OH)–C–C–N with tert-alkyl or cyclic N) is 1.